The molecule has 0 heterocycles. The van der Waals surface area contributed by atoms with Crippen LogP contribution in [-0.2, 0) is 16.6 Å². The van der Waals surface area contributed by atoms with Crippen molar-refractivity contribution in [2.24, 2.45) is 0 Å². The molecule has 0 aliphatic rings. The maximum absolute atomic E-state index is 12.1. The van der Waals surface area contributed by atoms with Crippen LogP contribution in [0.5, 0.6) is 11.5 Å². The zero-order valence-corrected chi connectivity index (χ0v) is 16.6. The number of methoxy groups -OCH3 is 2. The molecular weight excluding hydrogens is 352 g/mol. The molecule has 0 bridgehead atoms. The van der Waals surface area contributed by atoms with E-state index in [1.54, 1.807) is 26.4 Å². The lowest BCUT2D eigenvalue weighted by Crippen LogP contribution is -2.22. The van der Waals surface area contributed by atoms with Crippen LogP contribution in [0.4, 0.5) is 0 Å². The quantitative estimate of drug-likeness (QED) is 0.765. The molecule has 1 atom stereocenters. The van der Waals surface area contributed by atoms with Gasteiger partial charge in [0.1, 0.15) is 11.5 Å². The van der Waals surface area contributed by atoms with Crippen LogP contribution in [0.25, 0.3) is 0 Å². The molecule has 1 unspecified atom stereocenters. The highest BCUT2D eigenvalue weighted by atomic mass is 32.2. The summed E-state index contributed by atoms with van der Waals surface area (Å²) in [5.74, 6) is 1.56. The molecule has 0 aromatic heterocycles. The van der Waals surface area contributed by atoms with Gasteiger partial charge < -0.3 is 14.8 Å². The molecule has 0 radical (unpaired) electrons. The van der Waals surface area contributed by atoms with E-state index in [9.17, 15) is 8.42 Å². The third-order valence-corrected chi connectivity index (χ3v) is 6.07. The number of nitrogens with one attached hydrogen (secondary N) is 1. The Kier molecular flexibility index (Phi) is 6.63. The first kappa shape index (κ1) is 20.2. The molecule has 7 heteroatoms. The summed E-state index contributed by atoms with van der Waals surface area (Å²) >= 11 is 0. The number of hydrogen-bond donors (Lipinski definition) is 1. The van der Waals surface area contributed by atoms with E-state index in [-0.39, 0.29) is 10.9 Å². The van der Waals surface area contributed by atoms with E-state index < -0.39 is 10.0 Å². The van der Waals surface area contributed by atoms with Crippen molar-refractivity contribution in [2.75, 3.05) is 28.3 Å². The van der Waals surface area contributed by atoms with Crippen molar-refractivity contribution < 1.29 is 17.9 Å². The Morgan fingerprint density at radius 1 is 1.04 bits per heavy atom. The maximum atomic E-state index is 12.1. The average molecular weight is 378 g/mol. The van der Waals surface area contributed by atoms with Gasteiger partial charge in [-0.05, 0) is 42.8 Å². The Bertz CT molecular complexity index is 833. The van der Waals surface area contributed by atoms with Crippen LogP contribution in [0.3, 0.4) is 0 Å². The Labute approximate surface area is 155 Å². The minimum Gasteiger partial charge on any atom is -0.497 e. The molecule has 2 aromatic rings. The molecule has 0 saturated heterocycles. The van der Waals surface area contributed by atoms with Crippen molar-refractivity contribution in [2.45, 2.75) is 24.4 Å². The van der Waals surface area contributed by atoms with Gasteiger partial charge in [0.15, 0.2) is 0 Å². The molecular formula is C19H26N2O4S. The number of sulfonamides is 1. The van der Waals surface area contributed by atoms with Crippen molar-refractivity contribution in [1.82, 2.24) is 9.62 Å². The lowest BCUT2D eigenvalue weighted by Gasteiger charge is -2.17. The number of ether oxygens (including phenoxy) is 2. The van der Waals surface area contributed by atoms with Gasteiger partial charge in [0, 0.05) is 32.2 Å². The second kappa shape index (κ2) is 8.53. The Morgan fingerprint density at radius 2 is 1.69 bits per heavy atom. The monoisotopic (exact) mass is 378 g/mol. The molecule has 0 saturated carbocycles. The third kappa shape index (κ3) is 4.55. The van der Waals surface area contributed by atoms with Crippen molar-refractivity contribution in [1.29, 1.82) is 0 Å². The molecule has 0 aliphatic heterocycles. The first-order valence-corrected chi connectivity index (χ1v) is 9.70. The van der Waals surface area contributed by atoms with Crippen LogP contribution in [0.1, 0.15) is 24.1 Å². The summed E-state index contributed by atoms with van der Waals surface area (Å²) in [4.78, 5) is 0.285. The highest BCUT2D eigenvalue weighted by Gasteiger charge is 2.17. The molecule has 6 nitrogen and oxygen atoms in total. The molecule has 0 amide bonds. The molecule has 142 valence electrons. The maximum Gasteiger partial charge on any atom is 0.242 e. The van der Waals surface area contributed by atoms with Crippen LogP contribution < -0.4 is 14.8 Å². The summed E-state index contributed by atoms with van der Waals surface area (Å²) in [6.45, 7) is 2.63. The summed E-state index contributed by atoms with van der Waals surface area (Å²) in [5, 5.41) is 3.43. The van der Waals surface area contributed by atoms with Crippen molar-refractivity contribution in [3.05, 3.63) is 53.6 Å². The minimum atomic E-state index is -3.41. The van der Waals surface area contributed by atoms with E-state index in [1.807, 2.05) is 37.3 Å². The molecule has 26 heavy (non-hydrogen) atoms. The normalized spacial score (nSPS) is 12.8. The summed E-state index contributed by atoms with van der Waals surface area (Å²) in [6, 6.07) is 12.6. The molecule has 2 aromatic carbocycles. The highest BCUT2D eigenvalue weighted by molar-refractivity contribution is 7.89. The van der Waals surface area contributed by atoms with Crippen LogP contribution in [0.15, 0.2) is 47.4 Å². The second-order valence-electron chi connectivity index (χ2n) is 6.14. The first-order chi connectivity index (χ1) is 12.3. The summed E-state index contributed by atoms with van der Waals surface area (Å²) < 4.78 is 36.1. The lowest BCUT2D eigenvalue weighted by atomic mass is 10.1. The van der Waals surface area contributed by atoms with E-state index in [0.717, 1.165) is 22.6 Å². The Morgan fingerprint density at radius 3 is 2.23 bits per heavy atom. The summed E-state index contributed by atoms with van der Waals surface area (Å²) in [5.41, 5.74) is 2.00. The minimum absolute atomic E-state index is 0.0435. The largest absolute Gasteiger partial charge is 0.497 e. The van der Waals surface area contributed by atoms with E-state index in [2.05, 4.69) is 5.32 Å². The van der Waals surface area contributed by atoms with Gasteiger partial charge in [-0.3, -0.25) is 0 Å². The SMILES string of the molecule is COc1ccc(OC)c(CNC(C)c2ccc(S(=O)(=O)N(C)C)cc2)c1. The molecule has 0 fully saturated rings. The van der Waals surface area contributed by atoms with Gasteiger partial charge in [0.2, 0.25) is 10.0 Å². The van der Waals surface area contributed by atoms with Gasteiger partial charge in [-0.1, -0.05) is 12.1 Å². The lowest BCUT2D eigenvalue weighted by molar-refractivity contribution is 0.395. The third-order valence-electron chi connectivity index (χ3n) is 4.24. The van der Waals surface area contributed by atoms with Gasteiger partial charge in [0.05, 0.1) is 19.1 Å². The fourth-order valence-electron chi connectivity index (χ4n) is 2.54. The van der Waals surface area contributed by atoms with Crippen LogP contribution >= 0.6 is 0 Å². The van der Waals surface area contributed by atoms with E-state index in [4.69, 9.17) is 9.47 Å². The number of hydrogen-bond acceptors (Lipinski definition) is 5. The predicted octanol–water partition coefficient (Wildman–Crippen LogP) is 2.80. The average Bonchev–Trinajstić information content (AvgIpc) is 2.65. The predicted molar refractivity (Wildman–Crippen MR) is 102 cm³/mol. The zero-order chi connectivity index (χ0) is 19.3. The van der Waals surface area contributed by atoms with Gasteiger partial charge >= 0.3 is 0 Å². The Balaban J connectivity index is 2.10. The second-order valence-corrected chi connectivity index (χ2v) is 8.29. The van der Waals surface area contributed by atoms with Crippen molar-refractivity contribution in [3.63, 3.8) is 0 Å². The standard InChI is InChI=1S/C19H26N2O4S/c1-14(15-6-9-18(10-7-15)26(22,23)21(2)3)20-13-16-12-17(24-4)8-11-19(16)25-5/h6-12,14,20H,13H2,1-5H3. The molecule has 0 aliphatic carbocycles. The smallest absolute Gasteiger partial charge is 0.242 e. The van der Waals surface area contributed by atoms with Crippen LogP contribution in [-0.4, -0.2) is 41.0 Å². The summed E-state index contributed by atoms with van der Waals surface area (Å²) in [6.07, 6.45) is 0. The van der Waals surface area contributed by atoms with Crippen molar-refractivity contribution >= 4 is 10.0 Å². The van der Waals surface area contributed by atoms with Crippen molar-refractivity contribution in [3.8, 4) is 11.5 Å². The van der Waals surface area contributed by atoms with Crippen LogP contribution in [0, 0.1) is 0 Å². The molecule has 0 spiro atoms. The molecule has 2 rings (SSSR count). The van der Waals surface area contributed by atoms with E-state index in [1.165, 1.54) is 18.4 Å². The molecule has 1 N–H and O–H groups in total. The van der Waals surface area contributed by atoms with Gasteiger partial charge in [-0.25, -0.2) is 12.7 Å². The van der Waals surface area contributed by atoms with Crippen LogP contribution in [0.2, 0.25) is 0 Å². The fraction of sp³-hybridized carbons (Fsp3) is 0.368. The highest BCUT2D eigenvalue weighted by Crippen LogP contribution is 2.25. The zero-order valence-electron chi connectivity index (χ0n) is 15.8. The van der Waals surface area contributed by atoms with Gasteiger partial charge in [-0.15, -0.1) is 0 Å². The van der Waals surface area contributed by atoms with Gasteiger partial charge in [0.25, 0.3) is 0 Å². The van der Waals surface area contributed by atoms with E-state index in [0.29, 0.717) is 6.54 Å². The van der Waals surface area contributed by atoms with E-state index >= 15 is 0 Å². The summed E-state index contributed by atoms with van der Waals surface area (Å²) in [7, 11) is 2.90. The fourth-order valence-corrected chi connectivity index (χ4v) is 3.44. The first-order valence-electron chi connectivity index (χ1n) is 8.26. The number of benzene rings is 2. The Hall–Kier alpha value is -2.09. The topological polar surface area (TPSA) is 67.9 Å². The van der Waals surface area contributed by atoms with Gasteiger partial charge in [-0.2, -0.15) is 0 Å². The number of rotatable bonds is 8. The number of nitrogens with zero attached hydrogens (tertiary/aromatic N) is 1.